The number of nitrogen functional groups attached to an aromatic ring is 1. The molecular weight excluding hydrogens is 487 g/mol. The number of anilines is 1. The molecule has 0 saturated carbocycles. The predicted octanol–water partition coefficient (Wildman–Crippen LogP) is -5.58. The standard InChI is InChI=1S/C17H20N6O7S2.Na/c18-17-20-12(22-32-17)9(21-30-8-2-1-3-29-5-8)13(25)19-10-14(26)23-11(16(27)28)7(4-24)6-31-15(10)23;/h8,10,15,24H,1-6H2,(H,19,25)(H,27,28)(H2,18,20,22);/q;+1/p-1/b21-9-;/t8?,10-,15-;/m1./s1. The summed E-state index contributed by atoms with van der Waals surface area (Å²) in [5.41, 5.74) is 5.17. The Hall–Kier alpha value is -1.75. The van der Waals surface area contributed by atoms with Gasteiger partial charge >= 0.3 is 29.6 Å². The number of fused-ring (bicyclic) bond motifs is 1. The van der Waals surface area contributed by atoms with Crippen molar-refractivity contribution < 1.29 is 63.7 Å². The number of aliphatic hydroxyl groups is 1. The van der Waals surface area contributed by atoms with Crippen molar-refractivity contribution in [3.05, 3.63) is 17.1 Å². The second kappa shape index (κ2) is 11.1. The molecule has 3 aliphatic rings. The van der Waals surface area contributed by atoms with Gasteiger partial charge in [0.05, 0.1) is 24.9 Å². The molecule has 3 aliphatic heterocycles. The minimum Gasteiger partial charge on any atom is -0.543 e. The van der Waals surface area contributed by atoms with Crippen LogP contribution in [-0.4, -0.2) is 86.0 Å². The molecule has 0 spiro atoms. The maximum Gasteiger partial charge on any atom is 1.00 e. The molecule has 4 rings (SSSR count). The van der Waals surface area contributed by atoms with Crippen LogP contribution < -0.4 is 45.7 Å². The Kier molecular flexibility index (Phi) is 8.71. The molecule has 3 atom stereocenters. The number of nitrogens with one attached hydrogen (secondary N) is 1. The van der Waals surface area contributed by atoms with E-state index in [9.17, 15) is 24.6 Å². The van der Waals surface area contributed by atoms with E-state index >= 15 is 0 Å². The number of rotatable bonds is 7. The van der Waals surface area contributed by atoms with Crippen LogP contribution in [0.15, 0.2) is 16.4 Å². The molecule has 33 heavy (non-hydrogen) atoms. The van der Waals surface area contributed by atoms with Gasteiger partial charge in [-0.1, -0.05) is 5.16 Å². The number of hydrogen-bond donors (Lipinski definition) is 3. The molecule has 2 amide bonds. The number of carboxylic acid groups (broad SMARTS) is 1. The van der Waals surface area contributed by atoms with Crippen LogP contribution in [0.1, 0.15) is 18.7 Å². The van der Waals surface area contributed by atoms with Gasteiger partial charge in [0, 0.05) is 23.9 Å². The smallest absolute Gasteiger partial charge is 0.543 e. The Morgan fingerprint density at radius 1 is 1.45 bits per heavy atom. The fraction of sp³-hybridized carbons (Fsp3) is 0.529. The minimum absolute atomic E-state index is 0. The van der Waals surface area contributed by atoms with E-state index < -0.39 is 35.8 Å². The van der Waals surface area contributed by atoms with Gasteiger partial charge in [-0.2, -0.15) is 9.36 Å². The van der Waals surface area contributed by atoms with Crippen LogP contribution in [0.2, 0.25) is 0 Å². The summed E-state index contributed by atoms with van der Waals surface area (Å²) in [6.45, 7) is 0.436. The van der Waals surface area contributed by atoms with Crippen molar-refractivity contribution in [3.8, 4) is 0 Å². The van der Waals surface area contributed by atoms with E-state index in [1.807, 2.05) is 0 Å². The van der Waals surface area contributed by atoms with Gasteiger partial charge < -0.3 is 35.6 Å². The summed E-state index contributed by atoms with van der Waals surface area (Å²) in [5, 5.41) is 26.8. The van der Waals surface area contributed by atoms with Crippen molar-refractivity contribution in [2.75, 3.05) is 31.3 Å². The minimum atomic E-state index is -1.56. The molecule has 16 heteroatoms. The fourth-order valence-corrected chi connectivity index (χ4v) is 5.21. The number of aromatic nitrogens is 2. The van der Waals surface area contributed by atoms with Crippen molar-refractivity contribution in [1.29, 1.82) is 0 Å². The average Bonchev–Trinajstić information content (AvgIpc) is 3.22. The van der Waals surface area contributed by atoms with E-state index in [4.69, 9.17) is 15.3 Å². The second-order valence-corrected chi connectivity index (χ2v) is 8.99. The van der Waals surface area contributed by atoms with Gasteiger partial charge in [0.2, 0.25) is 11.5 Å². The number of carboxylic acids is 1. The monoisotopic (exact) mass is 506 g/mol. The maximum absolute atomic E-state index is 13.0. The number of oxime groups is 1. The van der Waals surface area contributed by atoms with Gasteiger partial charge in [-0.25, -0.2) is 0 Å². The van der Waals surface area contributed by atoms with E-state index in [1.54, 1.807) is 0 Å². The average molecular weight is 506 g/mol. The summed E-state index contributed by atoms with van der Waals surface area (Å²) in [5.74, 6) is -2.86. The van der Waals surface area contributed by atoms with E-state index in [2.05, 4.69) is 19.8 Å². The molecule has 4 heterocycles. The molecule has 0 aromatic carbocycles. The van der Waals surface area contributed by atoms with Crippen LogP contribution in [0.4, 0.5) is 5.13 Å². The molecular formula is C17H19N6NaO7S2. The third-order valence-corrected chi connectivity index (χ3v) is 6.88. The summed E-state index contributed by atoms with van der Waals surface area (Å²) in [6, 6.07) is -1.01. The summed E-state index contributed by atoms with van der Waals surface area (Å²) < 4.78 is 9.31. The van der Waals surface area contributed by atoms with Crippen molar-refractivity contribution >= 4 is 51.9 Å². The molecule has 2 saturated heterocycles. The number of hydrogen-bond acceptors (Lipinski definition) is 13. The summed E-state index contributed by atoms with van der Waals surface area (Å²) in [6.07, 6.45) is 1.15. The molecule has 1 aromatic heterocycles. The van der Waals surface area contributed by atoms with Crippen molar-refractivity contribution in [2.24, 2.45) is 5.16 Å². The van der Waals surface area contributed by atoms with Gasteiger partial charge in [0.15, 0.2) is 11.2 Å². The first kappa shape index (κ1) is 25.9. The number of amides is 2. The molecule has 1 aromatic rings. The molecule has 2 fully saturated rings. The van der Waals surface area contributed by atoms with Crippen molar-refractivity contribution in [1.82, 2.24) is 19.6 Å². The first-order chi connectivity index (χ1) is 15.4. The number of nitrogens with zero attached hydrogens (tertiary/aromatic N) is 4. The van der Waals surface area contributed by atoms with E-state index in [0.29, 0.717) is 19.6 Å². The van der Waals surface area contributed by atoms with Gasteiger partial charge in [-0.3, -0.25) is 14.5 Å². The third-order valence-electron chi connectivity index (χ3n) is 5.00. The van der Waals surface area contributed by atoms with Crippen LogP contribution in [0.3, 0.4) is 0 Å². The quantitative estimate of drug-likeness (QED) is 0.138. The molecule has 172 valence electrons. The Balaban J connectivity index is 0.00000306. The molecule has 0 radical (unpaired) electrons. The number of ether oxygens (including phenoxy) is 1. The number of aliphatic hydroxyl groups excluding tert-OH is 1. The van der Waals surface area contributed by atoms with E-state index in [0.717, 1.165) is 22.9 Å². The topological polar surface area (TPSA) is 192 Å². The predicted molar refractivity (Wildman–Crippen MR) is 110 cm³/mol. The van der Waals surface area contributed by atoms with Gasteiger partial charge in [0.25, 0.3) is 11.8 Å². The SMILES string of the molecule is Nc1nc(/C(=N/OC2CCCOC2)C(=O)N[C@@H]2C(=O)N3C(C(=O)[O-])=C(CO)CS[C@H]23)ns1.[Na+]. The van der Waals surface area contributed by atoms with Crippen LogP contribution in [0.25, 0.3) is 0 Å². The van der Waals surface area contributed by atoms with Crippen molar-refractivity contribution in [2.45, 2.75) is 30.4 Å². The normalized spacial score (nSPS) is 25.0. The van der Waals surface area contributed by atoms with Gasteiger partial charge in [-0.05, 0) is 18.4 Å². The Labute approximate surface area is 218 Å². The first-order valence-electron chi connectivity index (χ1n) is 9.61. The number of aliphatic carboxylic acids is 1. The van der Waals surface area contributed by atoms with Crippen LogP contribution >= 0.6 is 23.3 Å². The van der Waals surface area contributed by atoms with E-state index in [-0.39, 0.29) is 69.4 Å². The maximum atomic E-state index is 13.0. The molecule has 0 aliphatic carbocycles. The zero-order valence-electron chi connectivity index (χ0n) is 17.6. The van der Waals surface area contributed by atoms with Gasteiger partial charge in [-0.15, -0.1) is 11.8 Å². The second-order valence-electron chi connectivity index (χ2n) is 7.10. The summed E-state index contributed by atoms with van der Waals surface area (Å²) in [4.78, 5) is 47.5. The van der Waals surface area contributed by atoms with E-state index in [1.165, 1.54) is 11.8 Å². The Morgan fingerprint density at radius 3 is 2.85 bits per heavy atom. The van der Waals surface area contributed by atoms with Crippen LogP contribution in [0.5, 0.6) is 0 Å². The number of nitrogens with two attached hydrogens (primary N) is 1. The number of β-lactam (4-membered cyclic amide) rings is 1. The zero-order chi connectivity index (χ0) is 22.8. The molecule has 0 bridgehead atoms. The molecule has 13 nitrogen and oxygen atoms in total. The van der Waals surface area contributed by atoms with Crippen LogP contribution in [-0.2, 0) is 24.0 Å². The molecule has 4 N–H and O–H groups in total. The summed E-state index contributed by atoms with van der Waals surface area (Å²) in [7, 11) is 0. The van der Waals surface area contributed by atoms with Crippen LogP contribution in [0, 0.1) is 0 Å². The Bertz CT molecular complexity index is 996. The van der Waals surface area contributed by atoms with Crippen molar-refractivity contribution in [3.63, 3.8) is 0 Å². The first-order valence-corrected chi connectivity index (χ1v) is 11.4. The molecule has 1 unspecified atom stereocenters. The van der Waals surface area contributed by atoms with Gasteiger partial charge in [0.1, 0.15) is 11.4 Å². The summed E-state index contributed by atoms with van der Waals surface area (Å²) >= 11 is 2.08. The number of carbonyl (C=O) groups is 3. The fourth-order valence-electron chi connectivity index (χ4n) is 3.44. The number of thioether (sulfide) groups is 1. The third kappa shape index (κ3) is 5.34. The number of carbonyl (C=O) groups excluding carboxylic acids is 3. The zero-order valence-corrected chi connectivity index (χ0v) is 21.2. The largest absolute Gasteiger partial charge is 1.00 e. The Morgan fingerprint density at radius 2 is 2.24 bits per heavy atom.